The molecule has 0 amide bonds. The molecule has 2 rings (SSSR count). The molecule has 0 fully saturated rings. The molecule has 0 unspecified atom stereocenters. The van der Waals surface area contributed by atoms with Gasteiger partial charge in [0, 0.05) is 4.47 Å². The molecule has 1 aliphatic rings. The molecule has 1 aliphatic heterocycles. The molecular weight excluding hydrogens is 228 g/mol. The van der Waals surface area contributed by atoms with Crippen molar-refractivity contribution in [2.45, 2.75) is 32.3 Å². The van der Waals surface area contributed by atoms with Gasteiger partial charge in [0.1, 0.15) is 11.4 Å². The molecule has 1 aromatic rings. The molecule has 13 heavy (non-hydrogen) atoms. The van der Waals surface area contributed by atoms with Gasteiger partial charge in [-0.25, -0.2) is 0 Å². The summed E-state index contributed by atoms with van der Waals surface area (Å²) in [6.45, 7) is 4.27. The standard InChI is InChI=1S/C11H13BrO/c1-11(2)6-5-8-3-4-9(12)7-10(8)13-11/h3-4,7H,5-6H2,1-2H3. The number of fused-ring (bicyclic) bond motifs is 1. The highest BCUT2D eigenvalue weighted by Gasteiger charge is 2.26. The molecule has 0 bridgehead atoms. The van der Waals surface area contributed by atoms with Gasteiger partial charge in [-0.05, 0) is 44.4 Å². The Morgan fingerprint density at radius 3 is 2.92 bits per heavy atom. The molecule has 0 saturated heterocycles. The molecule has 0 saturated carbocycles. The first-order valence-corrected chi connectivity index (χ1v) is 5.34. The van der Waals surface area contributed by atoms with Crippen LogP contribution in [0.5, 0.6) is 5.75 Å². The van der Waals surface area contributed by atoms with E-state index in [-0.39, 0.29) is 5.60 Å². The van der Waals surface area contributed by atoms with Crippen LogP contribution in [0.15, 0.2) is 22.7 Å². The lowest BCUT2D eigenvalue weighted by Gasteiger charge is -2.32. The third kappa shape index (κ3) is 1.88. The van der Waals surface area contributed by atoms with E-state index in [1.807, 2.05) is 0 Å². The summed E-state index contributed by atoms with van der Waals surface area (Å²) in [5, 5.41) is 0. The summed E-state index contributed by atoms with van der Waals surface area (Å²) in [7, 11) is 0. The van der Waals surface area contributed by atoms with Crippen LogP contribution in [0.3, 0.4) is 0 Å². The lowest BCUT2D eigenvalue weighted by atomic mass is 9.94. The Kier molecular flexibility index (Phi) is 2.11. The average molecular weight is 241 g/mol. The fourth-order valence-electron chi connectivity index (χ4n) is 1.61. The predicted molar refractivity (Wildman–Crippen MR) is 57.2 cm³/mol. The number of ether oxygens (including phenoxy) is 1. The van der Waals surface area contributed by atoms with Crippen LogP contribution in [-0.2, 0) is 6.42 Å². The van der Waals surface area contributed by atoms with E-state index >= 15 is 0 Å². The number of hydrogen-bond donors (Lipinski definition) is 0. The van der Waals surface area contributed by atoms with Gasteiger partial charge in [0.05, 0.1) is 0 Å². The Morgan fingerprint density at radius 1 is 1.38 bits per heavy atom. The summed E-state index contributed by atoms with van der Waals surface area (Å²) >= 11 is 3.45. The second-order valence-electron chi connectivity index (χ2n) is 4.11. The third-order valence-corrected chi connectivity index (χ3v) is 2.91. The fraction of sp³-hybridized carbons (Fsp3) is 0.455. The van der Waals surface area contributed by atoms with E-state index in [1.54, 1.807) is 0 Å². The molecule has 70 valence electrons. The second-order valence-corrected chi connectivity index (χ2v) is 5.03. The van der Waals surface area contributed by atoms with Crippen LogP contribution >= 0.6 is 15.9 Å². The Balaban J connectivity index is 2.38. The van der Waals surface area contributed by atoms with Gasteiger partial charge < -0.3 is 4.74 Å². The highest BCUT2D eigenvalue weighted by atomic mass is 79.9. The van der Waals surface area contributed by atoms with Crippen LogP contribution in [-0.4, -0.2) is 5.60 Å². The van der Waals surface area contributed by atoms with E-state index in [9.17, 15) is 0 Å². The molecule has 0 aromatic heterocycles. The van der Waals surface area contributed by atoms with Crippen molar-refractivity contribution in [3.8, 4) is 5.75 Å². The van der Waals surface area contributed by atoms with Crippen molar-refractivity contribution in [3.05, 3.63) is 28.2 Å². The van der Waals surface area contributed by atoms with Crippen molar-refractivity contribution < 1.29 is 4.74 Å². The van der Waals surface area contributed by atoms with Crippen molar-refractivity contribution in [3.63, 3.8) is 0 Å². The molecule has 0 N–H and O–H groups in total. The second kappa shape index (κ2) is 3.02. The van der Waals surface area contributed by atoms with Crippen LogP contribution in [0.4, 0.5) is 0 Å². The minimum atomic E-state index is -0.00616. The lowest BCUT2D eigenvalue weighted by Crippen LogP contribution is -2.32. The van der Waals surface area contributed by atoms with Gasteiger partial charge in [0.25, 0.3) is 0 Å². The van der Waals surface area contributed by atoms with Crippen LogP contribution in [0.2, 0.25) is 0 Å². The van der Waals surface area contributed by atoms with Gasteiger partial charge in [-0.3, -0.25) is 0 Å². The average Bonchev–Trinajstić information content (AvgIpc) is 2.01. The number of halogens is 1. The molecule has 0 atom stereocenters. The summed E-state index contributed by atoms with van der Waals surface area (Å²) < 4.78 is 6.96. The van der Waals surface area contributed by atoms with Crippen molar-refractivity contribution >= 4 is 15.9 Å². The van der Waals surface area contributed by atoms with Crippen LogP contribution in [0, 0.1) is 0 Å². The van der Waals surface area contributed by atoms with Gasteiger partial charge >= 0.3 is 0 Å². The maximum Gasteiger partial charge on any atom is 0.124 e. The Hall–Kier alpha value is -0.500. The molecule has 1 aromatic carbocycles. The van der Waals surface area contributed by atoms with Gasteiger partial charge in [0.2, 0.25) is 0 Å². The van der Waals surface area contributed by atoms with Crippen molar-refractivity contribution in [1.29, 1.82) is 0 Å². The normalized spacial score (nSPS) is 19.0. The first-order chi connectivity index (χ1) is 6.07. The Bertz CT molecular complexity index is 331. The maximum absolute atomic E-state index is 5.87. The molecule has 2 heteroatoms. The van der Waals surface area contributed by atoms with E-state index in [0.717, 1.165) is 23.1 Å². The third-order valence-electron chi connectivity index (χ3n) is 2.41. The van der Waals surface area contributed by atoms with Crippen molar-refractivity contribution in [2.75, 3.05) is 0 Å². The Labute approximate surface area is 87.2 Å². The zero-order chi connectivity index (χ0) is 9.47. The quantitative estimate of drug-likeness (QED) is 0.674. The van der Waals surface area contributed by atoms with Crippen LogP contribution < -0.4 is 4.74 Å². The molecule has 0 aliphatic carbocycles. The highest BCUT2D eigenvalue weighted by molar-refractivity contribution is 9.10. The number of benzene rings is 1. The van der Waals surface area contributed by atoms with Gasteiger partial charge in [0.15, 0.2) is 0 Å². The fourth-order valence-corrected chi connectivity index (χ4v) is 1.95. The number of rotatable bonds is 0. The lowest BCUT2D eigenvalue weighted by molar-refractivity contribution is 0.0846. The van der Waals surface area contributed by atoms with E-state index in [1.165, 1.54) is 5.56 Å². The van der Waals surface area contributed by atoms with Crippen molar-refractivity contribution in [1.82, 2.24) is 0 Å². The summed E-state index contributed by atoms with van der Waals surface area (Å²) in [4.78, 5) is 0. The molecule has 1 nitrogen and oxygen atoms in total. The summed E-state index contributed by atoms with van der Waals surface area (Å²) in [6, 6.07) is 6.26. The van der Waals surface area contributed by atoms with Crippen LogP contribution in [0.25, 0.3) is 0 Å². The smallest absolute Gasteiger partial charge is 0.124 e. The molecular formula is C11H13BrO. The SMILES string of the molecule is CC1(C)CCc2ccc(Br)cc2O1. The first kappa shape index (κ1) is 9.07. The molecule has 0 spiro atoms. The van der Waals surface area contributed by atoms with Gasteiger partial charge in [-0.2, -0.15) is 0 Å². The largest absolute Gasteiger partial charge is 0.488 e. The molecule has 0 radical (unpaired) electrons. The van der Waals surface area contributed by atoms with E-state index < -0.39 is 0 Å². The van der Waals surface area contributed by atoms with E-state index in [0.29, 0.717) is 0 Å². The van der Waals surface area contributed by atoms with Gasteiger partial charge in [-0.15, -0.1) is 0 Å². The van der Waals surface area contributed by atoms with E-state index in [4.69, 9.17) is 4.74 Å². The monoisotopic (exact) mass is 240 g/mol. The Morgan fingerprint density at radius 2 is 2.15 bits per heavy atom. The summed E-state index contributed by atoms with van der Waals surface area (Å²) in [5.74, 6) is 1.03. The summed E-state index contributed by atoms with van der Waals surface area (Å²) in [6.07, 6.45) is 2.22. The first-order valence-electron chi connectivity index (χ1n) is 4.54. The predicted octanol–water partition coefficient (Wildman–Crippen LogP) is 3.55. The topological polar surface area (TPSA) is 9.23 Å². The van der Waals surface area contributed by atoms with E-state index in [2.05, 4.69) is 48.0 Å². The minimum Gasteiger partial charge on any atom is -0.488 e. The zero-order valence-electron chi connectivity index (χ0n) is 7.93. The summed E-state index contributed by atoms with van der Waals surface area (Å²) in [5.41, 5.74) is 1.32. The number of aryl methyl sites for hydroxylation is 1. The maximum atomic E-state index is 5.87. The van der Waals surface area contributed by atoms with Crippen LogP contribution in [0.1, 0.15) is 25.8 Å². The number of hydrogen-bond acceptors (Lipinski definition) is 1. The van der Waals surface area contributed by atoms with Crippen molar-refractivity contribution in [2.24, 2.45) is 0 Å². The highest BCUT2D eigenvalue weighted by Crippen LogP contribution is 2.34. The minimum absolute atomic E-state index is 0.00616. The molecule has 1 heterocycles. The van der Waals surface area contributed by atoms with Gasteiger partial charge in [-0.1, -0.05) is 22.0 Å². The zero-order valence-corrected chi connectivity index (χ0v) is 9.52.